The fourth-order valence-corrected chi connectivity index (χ4v) is 0.925. The van der Waals surface area contributed by atoms with Gasteiger partial charge in [-0.15, -0.1) is 0 Å². The van der Waals surface area contributed by atoms with Gasteiger partial charge in [0.15, 0.2) is 0 Å². The van der Waals surface area contributed by atoms with Crippen molar-refractivity contribution in [1.29, 1.82) is 0 Å². The first-order valence-corrected chi connectivity index (χ1v) is 3.32. The minimum atomic E-state index is -2.53. The number of hydrogen-bond donors (Lipinski definition) is 1. The molecule has 1 aromatic rings. The monoisotopic (exact) mass is 177 g/mol. The molecular weight excluding hydrogens is 172 g/mol. The molecule has 0 bridgehead atoms. The molecule has 1 aromatic carbocycles. The summed E-state index contributed by atoms with van der Waals surface area (Å²) in [5.74, 6) is 0. The maximum atomic E-state index is 12.0. The molecule has 0 radical (unpaired) electrons. The van der Waals surface area contributed by atoms with Crippen LogP contribution in [0.5, 0.6) is 0 Å². The van der Waals surface area contributed by atoms with Crippen LogP contribution < -0.4 is 5.73 Å². The number of nitrogen functional groups attached to an aromatic ring is 1. The number of rotatable bonds is 1. The highest BCUT2D eigenvalue weighted by molar-refractivity contribution is 6.30. The van der Waals surface area contributed by atoms with Gasteiger partial charge in [0.25, 0.3) is 6.43 Å². The molecule has 0 saturated carbocycles. The van der Waals surface area contributed by atoms with E-state index in [4.69, 9.17) is 17.3 Å². The molecule has 11 heavy (non-hydrogen) atoms. The zero-order valence-electron chi connectivity index (χ0n) is 5.52. The van der Waals surface area contributed by atoms with Gasteiger partial charge in [0.1, 0.15) is 0 Å². The summed E-state index contributed by atoms with van der Waals surface area (Å²) in [5, 5.41) is 0.368. The van der Waals surface area contributed by atoms with Gasteiger partial charge in [-0.1, -0.05) is 11.6 Å². The molecule has 0 heterocycles. The molecule has 0 fully saturated rings. The molecule has 60 valence electrons. The van der Waals surface area contributed by atoms with Crippen molar-refractivity contribution in [3.63, 3.8) is 0 Å². The number of alkyl halides is 2. The molecule has 0 aliphatic rings. The van der Waals surface area contributed by atoms with E-state index >= 15 is 0 Å². The largest absolute Gasteiger partial charge is 0.398 e. The predicted molar refractivity (Wildman–Crippen MR) is 40.8 cm³/mol. The number of halogens is 3. The molecule has 0 spiro atoms. The van der Waals surface area contributed by atoms with Crippen LogP contribution in [0.3, 0.4) is 0 Å². The molecule has 1 nitrogen and oxygen atoms in total. The SMILES string of the molecule is Nc1cc(Cl)ccc1C(F)F. The number of nitrogens with two attached hydrogens (primary N) is 1. The van der Waals surface area contributed by atoms with E-state index in [1.807, 2.05) is 0 Å². The van der Waals surface area contributed by atoms with Crippen LogP contribution in [0, 0.1) is 0 Å². The van der Waals surface area contributed by atoms with Gasteiger partial charge < -0.3 is 5.73 Å². The van der Waals surface area contributed by atoms with Gasteiger partial charge in [-0.25, -0.2) is 8.78 Å². The standard InChI is InChI=1S/C7H6ClF2N/c8-4-1-2-5(7(9)10)6(11)3-4/h1-3,7H,11H2. The fourth-order valence-electron chi connectivity index (χ4n) is 0.744. The van der Waals surface area contributed by atoms with Gasteiger partial charge in [-0.3, -0.25) is 0 Å². The first-order valence-electron chi connectivity index (χ1n) is 2.94. The highest BCUT2D eigenvalue weighted by Gasteiger charge is 2.10. The lowest BCUT2D eigenvalue weighted by Gasteiger charge is -2.03. The van der Waals surface area contributed by atoms with Gasteiger partial charge in [0.05, 0.1) is 0 Å². The Bertz CT molecular complexity index is 263. The third-order valence-electron chi connectivity index (χ3n) is 1.28. The van der Waals surface area contributed by atoms with Crippen LogP contribution in [0.2, 0.25) is 5.02 Å². The topological polar surface area (TPSA) is 26.0 Å². The lowest BCUT2D eigenvalue weighted by Crippen LogP contribution is -1.93. The van der Waals surface area contributed by atoms with E-state index in [0.717, 1.165) is 0 Å². The minimum Gasteiger partial charge on any atom is -0.398 e. The van der Waals surface area contributed by atoms with Crippen LogP contribution >= 0.6 is 11.6 Å². The van der Waals surface area contributed by atoms with Crippen LogP contribution in [0.15, 0.2) is 18.2 Å². The molecule has 4 heteroatoms. The van der Waals surface area contributed by atoms with Gasteiger partial charge >= 0.3 is 0 Å². The third kappa shape index (κ3) is 1.80. The van der Waals surface area contributed by atoms with Gasteiger partial charge in [-0.05, 0) is 18.2 Å². The van der Waals surface area contributed by atoms with Gasteiger partial charge in [0.2, 0.25) is 0 Å². The van der Waals surface area contributed by atoms with Crippen molar-refractivity contribution in [3.8, 4) is 0 Å². The summed E-state index contributed by atoms with van der Waals surface area (Å²) >= 11 is 5.50. The van der Waals surface area contributed by atoms with Crippen molar-refractivity contribution in [3.05, 3.63) is 28.8 Å². The summed E-state index contributed by atoms with van der Waals surface area (Å²) in [7, 11) is 0. The van der Waals surface area contributed by atoms with E-state index < -0.39 is 6.43 Å². The Balaban J connectivity index is 3.09. The molecule has 0 aliphatic heterocycles. The second-order valence-corrected chi connectivity index (χ2v) is 2.51. The summed E-state index contributed by atoms with van der Waals surface area (Å²) in [6, 6.07) is 3.92. The summed E-state index contributed by atoms with van der Waals surface area (Å²) in [6.07, 6.45) is -2.53. The molecule has 0 unspecified atom stereocenters. The Hall–Kier alpha value is -0.830. The lowest BCUT2D eigenvalue weighted by molar-refractivity contribution is 0.152. The summed E-state index contributed by atoms with van der Waals surface area (Å²) in [5.41, 5.74) is 5.12. The summed E-state index contributed by atoms with van der Waals surface area (Å²) in [6.45, 7) is 0. The molecule has 0 aromatic heterocycles. The highest BCUT2D eigenvalue weighted by atomic mass is 35.5. The second-order valence-electron chi connectivity index (χ2n) is 2.07. The van der Waals surface area contributed by atoms with Crippen LogP contribution in [-0.2, 0) is 0 Å². The summed E-state index contributed by atoms with van der Waals surface area (Å²) < 4.78 is 24.1. The Kier molecular flexibility index (Phi) is 2.29. The average molecular weight is 178 g/mol. The van der Waals surface area contributed by atoms with Crippen LogP contribution in [0.4, 0.5) is 14.5 Å². The van der Waals surface area contributed by atoms with Crippen molar-refractivity contribution in [2.45, 2.75) is 6.43 Å². The first kappa shape index (κ1) is 8.27. The average Bonchev–Trinajstić information content (AvgIpc) is 1.85. The first-order chi connectivity index (χ1) is 5.11. The highest BCUT2D eigenvalue weighted by Crippen LogP contribution is 2.26. The van der Waals surface area contributed by atoms with Crippen molar-refractivity contribution < 1.29 is 8.78 Å². The molecular formula is C7H6ClF2N. The van der Waals surface area contributed by atoms with E-state index in [9.17, 15) is 8.78 Å². The molecule has 0 atom stereocenters. The number of hydrogen-bond acceptors (Lipinski definition) is 1. The zero-order valence-corrected chi connectivity index (χ0v) is 6.28. The fraction of sp³-hybridized carbons (Fsp3) is 0.143. The smallest absolute Gasteiger partial charge is 0.265 e. The zero-order chi connectivity index (χ0) is 8.43. The Morgan fingerprint density at radius 2 is 2.00 bits per heavy atom. The van der Waals surface area contributed by atoms with Crippen molar-refractivity contribution >= 4 is 17.3 Å². The number of benzene rings is 1. The van der Waals surface area contributed by atoms with Crippen LogP contribution in [-0.4, -0.2) is 0 Å². The Morgan fingerprint density at radius 1 is 1.36 bits per heavy atom. The predicted octanol–water partition coefficient (Wildman–Crippen LogP) is 2.86. The minimum absolute atomic E-state index is 0.0347. The maximum absolute atomic E-state index is 12.0. The van der Waals surface area contributed by atoms with Crippen LogP contribution in [0.1, 0.15) is 12.0 Å². The normalized spacial score (nSPS) is 10.5. The number of anilines is 1. The molecule has 2 N–H and O–H groups in total. The molecule has 1 rings (SSSR count). The van der Waals surface area contributed by atoms with E-state index in [1.165, 1.54) is 18.2 Å². The van der Waals surface area contributed by atoms with Crippen molar-refractivity contribution in [2.75, 3.05) is 5.73 Å². The maximum Gasteiger partial charge on any atom is 0.265 e. The van der Waals surface area contributed by atoms with E-state index in [1.54, 1.807) is 0 Å². The molecule has 0 amide bonds. The van der Waals surface area contributed by atoms with Gasteiger partial charge in [-0.2, -0.15) is 0 Å². The van der Waals surface area contributed by atoms with E-state index in [0.29, 0.717) is 5.02 Å². The molecule has 0 aliphatic carbocycles. The lowest BCUT2D eigenvalue weighted by atomic mass is 10.2. The Morgan fingerprint density at radius 3 is 2.45 bits per heavy atom. The quantitative estimate of drug-likeness (QED) is 0.656. The van der Waals surface area contributed by atoms with Crippen LogP contribution in [0.25, 0.3) is 0 Å². The van der Waals surface area contributed by atoms with Crippen molar-refractivity contribution in [1.82, 2.24) is 0 Å². The second kappa shape index (κ2) is 3.05. The van der Waals surface area contributed by atoms with Gasteiger partial charge in [0, 0.05) is 16.3 Å². The molecule has 0 saturated heterocycles. The third-order valence-corrected chi connectivity index (χ3v) is 1.52. The van der Waals surface area contributed by atoms with Crippen molar-refractivity contribution in [2.24, 2.45) is 0 Å². The Labute approximate surface area is 67.8 Å². The van der Waals surface area contributed by atoms with E-state index in [-0.39, 0.29) is 11.3 Å². The summed E-state index contributed by atoms with van der Waals surface area (Å²) in [4.78, 5) is 0. The van der Waals surface area contributed by atoms with E-state index in [2.05, 4.69) is 0 Å².